The molecule has 28 heavy (non-hydrogen) atoms. The third kappa shape index (κ3) is 2.97. The Bertz CT molecular complexity index is 1030. The highest BCUT2D eigenvalue weighted by atomic mass is 35.5. The lowest BCUT2D eigenvalue weighted by atomic mass is 10.2. The zero-order valence-electron chi connectivity index (χ0n) is 15.6. The van der Waals surface area contributed by atoms with E-state index in [1.165, 1.54) is 20.0 Å². The number of benzene rings is 1. The molecule has 1 amide bonds. The fraction of sp³-hybridized carbons (Fsp3) is 0.421. The van der Waals surface area contributed by atoms with E-state index in [9.17, 15) is 4.79 Å². The van der Waals surface area contributed by atoms with Crippen molar-refractivity contribution >= 4 is 34.3 Å². The maximum atomic E-state index is 11.7. The van der Waals surface area contributed by atoms with Gasteiger partial charge in [-0.2, -0.15) is 10.2 Å². The summed E-state index contributed by atoms with van der Waals surface area (Å²) in [7, 11) is 1.41. The summed E-state index contributed by atoms with van der Waals surface area (Å²) in [6.45, 7) is 2.62. The second kappa shape index (κ2) is 6.70. The van der Waals surface area contributed by atoms with Crippen LogP contribution in [0.25, 0.3) is 16.6 Å². The summed E-state index contributed by atoms with van der Waals surface area (Å²) in [6, 6.07) is 4.56. The van der Waals surface area contributed by atoms with Crippen molar-refractivity contribution < 1.29 is 9.53 Å². The average Bonchev–Trinajstić information content (AvgIpc) is 3.31. The van der Waals surface area contributed by atoms with Crippen molar-refractivity contribution in [1.82, 2.24) is 24.5 Å². The van der Waals surface area contributed by atoms with Crippen molar-refractivity contribution in [3.63, 3.8) is 0 Å². The van der Waals surface area contributed by atoms with Crippen molar-refractivity contribution in [3.8, 4) is 5.69 Å². The normalized spacial score (nSPS) is 17.4. The van der Waals surface area contributed by atoms with E-state index in [0.29, 0.717) is 37.2 Å². The molecular formula is C19H21ClN6O2. The fourth-order valence-electron chi connectivity index (χ4n) is 3.72. The number of fused-ring (bicyclic) bond motifs is 1. The number of methoxy groups -OCH3 is 1. The first-order chi connectivity index (χ1) is 13.6. The van der Waals surface area contributed by atoms with Gasteiger partial charge in [0.15, 0.2) is 0 Å². The van der Waals surface area contributed by atoms with Crippen LogP contribution < -0.4 is 4.90 Å². The van der Waals surface area contributed by atoms with Gasteiger partial charge in [0.25, 0.3) is 0 Å². The molecule has 0 spiro atoms. The van der Waals surface area contributed by atoms with Crippen LogP contribution in [0, 0.1) is 0 Å². The van der Waals surface area contributed by atoms with Crippen LogP contribution in [0.1, 0.15) is 18.9 Å². The molecule has 3 heterocycles. The number of hydrogen-bond acceptors (Lipinski definition) is 5. The molecule has 146 valence electrons. The Morgan fingerprint density at radius 1 is 1.14 bits per heavy atom. The van der Waals surface area contributed by atoms with Gasteiger partial charge in [-0.15, -0.1) is 0 Å². The quantitative estimate of drug-likeness (QED) is 0.675. The number of rotatable bonds is 3. The lowest BCUT2D eigenvalue weighted by Crippen LogP contribution is -2.48. The fourth-order valence-corrected chi connectivity index (χ4v) is 4.01. The zero-order valence-corrected chi connectivity index (χ0v) is 16.3. The molecule has 0 bridgehead atoms. The zero-order chi connectivity index (χ0) is 19.3. The highest BCUT2D eigenvalue weighted by molar-refractivity contribution is 6.34. The molecule has 1 aliphatic heterocycles. The van der Waals surface area contributed by atoms with Crippen molar-refractivity contribution in [3.05, 3.63) is 35.7 Å². The molecular weight excluding hydrogens is 380 g/mol. The lowest BCUT2D eigenvalue weighted by molar-refractivity contribution is 0.121. The molecule has 1 aromatic carbocycles. The minimum Gasteiger partial charge on any atom is -0.453 e. The third-order valence-corrected chi connectivity index (χ3v) is 5.75. The Balaban J connectivity index is 1.45. The van der Waals surface area contributed by atoms with Gasteiger partial charge in [-0.25, -0.2) is 9.48 Å². The molecule has 0 radical (unpaired) electrons. The monoisotopic (exact) mass is 400 g/mol. The standard InChI is InChI=1S/C19H21ClN6O2/c1-28-19(27)24-6-4-23(5-7-24)18-9-17-13(8-16(18)20)10-22-26(17)15-11-21-25(12-15)14-2-3-14/h8-12,14H,2-7H2,1H3. The van der Waals surface area contributed by atoms with Crippen LogP contribution >= 0.6 is 11.6 Å². The van der Waals surface area contributed by atoms with Gasteiger partial charge in [0.05, 0.1) is 48.0 Å². The Labute approximate surface area is 167 Å². The van der Waals surface area contributed by atoms with Crippen molar-refractivity contribution in [2.45, 2.75) is 18.9 Å². The van der Waals surface area contributed by atoms with E-state index < -0.39 is 0 Å². The molecule has 2 fully saturated rings. The number of nitrogens with zero attached hydrogens (tertiary/aromatic N) is 6. The first kappa shape index (κ1) is 17.4. The molecule has 1 aliphatic carbocycles. The number of halogens is 1. The predicted molar refractivity (Wildman–Crippen MR) is 106 cm³/mol. The number of ether oxygens (including phenoxy) is 1. The number of amides is 1. The summed E-state index contributed by atoms with van der Waals surface area (Å²) in [5, 5.41) is 10.7. The SMILES string of the molecule is COC(=O)N1CCN(c2cc3c(cnn3-c3cnn(C4CC4)c3)cc2Cl)CC1. The number of aromatic nitrogens is 4. The van der Waals surface area contributed by atoms with Crippen molar-refractivity contribution in [2.75, 3.05) is 38.2 Å². The van der Waals surface area contributed by atoms with E-state index >= 15 is 0 Å². The van der Waals surface area contributed by atoms with E-state index in [0.717, 1.165) is 22.3 Å². The minimum atomic E-state index is -0.285. The van der Waals surface area contributed by atoms with Gasteiger partial charge >= 0.3 is 6.09 Å². The molecule has 0 N–H and O–H groups in total. The highest BCUT2D eigenvalue weighted by Gasteiger charge is 2.25. The van der Waals surface area contributed by atoms with Crippen LogP contribution in [0.3, 0.4) is 0 Å². The summed E-state index contributed by atoms with van der Waals surface area (Å²) in [5.74, 6) is 0. The van der Waals surface area contributed by atoms with Crippen LogP contribution in [0.4, 0.5) is 10.5 Å². The van der Waals surface area contributed by atoms with E-state index in [1.54, 1.807) is 4.90 Å². The summed E-state index contributed by atoms with van der Waals surface area (Å²) >= 11 is 6.57. The van der Waals surface area contributed by atoms with Gasteiger partial charge in [-0.3, -0.25) is 4.68 Å². The smallest absolute Gasteiger partial charge is 0.409 e. The van der Waals surface area contributed by atoms with Crippen LogP contribution in [0.5, 0.6) is 0 Å². The Kier molecular flexibility index (Phi) is 4.16. The Hall–Kier alpha value is -2.74. The second-order valence-corrected chi connectivity index (χ2v) is 7.68. The minimum absolute atomic E-state index is 0.285. The van der Waals surface area contributed by atoms with Gasteiger partial charge in [0.1, 0.15) is 5.69 Å². The first-order valence-electron chi connectivity index (χ1n) is 9.43. The molecule has 5 rings (SSSR count). The van der Waals surface area contributed by atoms with Gasteiger partial charge < -0.3 is 14.5 Å². The van der Waals surface area contributed by atoms with E-state index in [-0.39, 0.29) is 6.09 Å². The van der Waals surface area contributed by atoms with Crippen molar-refractivity contribution in [2.24, 2.45) is 0 Å². The number of hydrogen-bond donors (Lipinski definition) is 0. The average molecular weight is 401 g/mol. The largest absolute Gasteiger partial charge is 0.453 e. The second-order valence-electron chi connectivity index (χ2n) is 7.27. The third-order valence-electron chi connectivity index (χ3n) is 5.44. The van der Waals surface area contributed by atoms with Gasteiger partial charge in [0.2, 0.25) is 0 Å². The van der Waals surface area contributed by atoms with Crippen LogP contribution in [-0.2, 0) is 4.74 Å². The van der Waals surface area contributed by atoms with Crippen molar-refractivity contribution in [1.29, 1.82) is 0 Å². The molecule has 0 unspecified atom stereocenters. The van der Waals surface area contributed by atoms with Crippen LogP contribution in [-0.4, -0.2) is 63.8 Å². The van der Waals surface area contributed by atoms with E-state index in [1.807, 2.05) is 34.0 Å². The van der Waals surface area contributed by atoms with Crippen LogP contribution in [0.2, 0.25) is 5.02 Å². The van der Waals surface area contributed by atoms with Gasteiger partial charge in [-0.05, 0) is 25.0 Å². The molecule has 0 atom stereocenters. The number of carbonyl (C=O) groups is 1. The summed E-state index contributed by atoms with van der Waals surface area (Å²) in [5.41, 5.74) is 2.89. The van der Waals surface area contributed by atoms with Gasteiger partial charge in [-0.1, -0.05) is 11.6 Å². The molecule has 1 saturated heterocycles. The molecule has 2 aliphatic rings. The van der Waals surface area contributed by atoms with Gasteiger partial charge in [0, 0.05) is 31.6 Å². The van der Waals surface area contributed by atoms with Crippen LogP contribution in [0.15, 0.2) is 30.7 Å². The molecule has 1 saturated carbocycles. The molecule has 8 nitrogen and oxygen atoms in total. The Morgan fingerprint density at radius 2 is 1.93 bits per heavy atom. The number of anilines is 1. The topological polar surface area (TPSA) is 68.4 Å². The lowest BCUT2D eigenvalue weighted by Gasteiger charge is -2.35. The summed E-state index contributed by atoms with van der Waals surface area (Å²) < 4.78 is 8.74. The first-order valence-corrected chi connectivity index (χ1v) is 9.81. The molecule has 2 aromatic heterocycles. The molecule has 9 heteroatoms. The van der Waals surface area contributed by atoms with E-state index in [4.69, 9.17) is 16.3 Å². The number of piperazine rings is 1. The summed E-state index contributed by atoms with van der Waals surface area (Å²) in [4.78, 5) is 15.6. The highest BCUT2D eigenvalue weighted by Crippen LogP contribution is 2.35. The Morgan fingerprint density at radius 3 is 2.64 bits per heavy atom. The van der Waals surface area contributed by atoms with E-state index in [2.05, 4.69) is 21.2 Å². The molecule has 3 aromatic rings. The summed E-state index contributed by atoms with van der Waals surface area (Å²) in [6.07, 6.45) is 7.83. The maximum Gasteiger partial charge on any atom is 0.409 e. The predicted octanol–water partition coefficient (Wildman–Crippen LogP) is 3.10. The number of carbonyl (C=O) groups excluding carboxylic acids is 1. The maximum absolute atomic E-state index is 11.7.